The highest BCUT2D eigenvalue weighted by Gasteiger charge is 2.26. The van der Waals surface area contributed by atoms with Crippen LogP contribution < -0.4 is 15.0 Å². The third kappa shape index (κ3) is 4.37. The predicted octanol–water partition coefficient (Wildman–Crippen LogP) is 3.61. The maximum Gasteiger partial charge on any atom is 0.241 e. The Hall–Kier alpha value is -2.05. The minimum atomic E-state index is -0.172. The van der Waals surface area contributed by atoms with Crippen LogP contribution >= 0.6 is 15.9 Å². The molecule has 6 heteroatoms. The summed E-state index contributed by atoms with van der Waals surface area (Å²) in [5, 5.41) is 3.00. The molecule has 2 aromatic carbocycles. The number of rotatable bonds is 5. The van der Waals surface area contributed by atoms with Crippen molar-refractivity contribution >= 4 is 33.2 Å². The molecule has 1 heterocycles. The standard InChI is InChI=1S/C20H24BrN3O2/c1-15(20(25)22-17-7-5-6-16(21)14-17)23-10-12-24(13-11-23)18-8-3-4-9-19(18)26-2/h3-9,14-15H,10-13H2,1-2H3,(H,22,25)/t15-/m1/s1. The van der Waals surface area contributed by atoms with Crippen molar-refractivity contribution in [3.8, 4) is 5.75 Å². The van der Waals surface area contributed by atoms with Crippen molar-refractivity contribution in [3.63, 3.8) is 0 Å². The zero-order valence-electron chi connectivity index (χ0n) is 15.1. The molecule has 5 nitrogen and oxygen atoms in total. The van der Waals surface area contributed by atoms with Crippen LogP contribution in [-0.4, -0.2) is 50.1 Å². The van der Waals surface area contributed by atoms with Crippen molar-refractivity contribution in [2.75, 3.05) is 43.5 Å². The largest absolute Gasteiger partial charge is 0.495 e. The summed E-state index contributed by atoms with van der Waals surface area (Å²) in [4.78, 5) is 17.1. The van der Waals surface area contributed by atoms with E-state index in [4.69, 9.17) is 4.74 Å². The second kappa shape index (κ2) is 8.56. The molecule has 1 atom stereocenters. The second-order valence-electron chi connectivity index (χ2n) is 6.37. The molecule has 0 radical (unpaired) electrons. The van der Waals surface area contributed by atoms with Gasteiger partial charge in [0, 0.05) is 36.3 Å². The molecule has 0 unspecified atom stereocenters. The first-order valence-corrected chi connectivity index (χ1v) is 9.56. The summed E-state index contributed by atoms with van der Waals surface area (Å²) >= 11 is 3.43. The van der Waals surface area contributed by atoms with E-state index in [1.807, 2.05) is 49.4 Å². The van der Waals surface area contributed by atoms with Gasteiger partial charge in [-0.15, -0.1) is 0 Å². The van der Waals surface area contributed by atoms with E-state index in [9.17, 15) is 4.79 Å². The van der Waals surface area contributed by atoms with Gasteiger partial charge in [-0.3, -0.25) is 9.69 Å². The van der Waals surface area contributed by atoms with Crippen molar-refractivity contribution in [3.05, 3.63) is 53.0 Å². The monoisotopic (exact) mass is 417 g/mol. The summed E-state index contributed by atoms with van der Waals surface area (Å²) in [6.45, 7) is 5.38. The zero-order valence-corrected chi connectivity index (χ0v) is 16.7. The van der Waals surface area contributed by atoms with Gasteiger partial charge >= 0.3 is 0 Å². The van der Waals surface area contributed by atoms with E-state index in [-0.39, 0.29) is 11.9 Å². The lowest BCUT2D eigenvalue weighted by Gasteiger charge is -2.38. The molecule has 0 aliphatic carbocycles. The SMILES string of the molecule is COc1ccccc1N1CCN([C@H](C)C(=O)Nc2cccc(Br)c2)CC1. The van der Waals surface area contributed by atoms with Gasteiger partial charge in [-0.05, 0) is 37.3 Å². The van der Waals surface area contributed by atoms with Crippen LogP contribution in [0.5, 0.6) is 5.75 Å². The first-order chi connectivity index (χ1) is 12.6. The van der Waals surface area contributed by atoms with Gasteiger partial charge in [0.15, 0.2) is 0 Å². The van der Waals surface area contributed by atoms with E-state index in [1.165, 1.54) is 0 Å². The number of nitrogens with one attached hydrogen (secondary N) is 1. The molecule has 2 aromatic rings. The van der Waals surface area contributed by atoms with Crippen molar-refractivity contribution in [2.24, 2.45) is 0 Å². The number of benzene rings is 2. The van der Waals surface area contributed by atoms with Crippen molar-refractivity contribution < 1.29 is 9.53 Å². The number of ether oxygens (including phenoxy) is 1. The minimum absolute atomic E-state index is 0.0221. The van der Waals surface area contributed by atoms with Crippen molar-refractivity contribution in [1.82, 2.24) is 4.90 Å². The number of amides is 1. The molecule has 0 aromatic heterocycles. The van der Waals surface area contributed by atoms with Crippen molar-refractivity contribution in [2.45, 2.75) is 13.0 Å². The lowest BCUT2D eigenvalue weighted by Crippen LogP contribution is -2.52. The number of carbonyl (C=O) groups is 1. The number of halogens is 1. The van der Waals surface area contributed by atoms with Crippen LogP contribution in [-0.2, 0) is 4.79 Å². The topological polar surface area (TPSA) is 44.8 Å². The van der Waals surface area contributed by atoms with Gasteiger partial charge in [0.1, 0.15) is 5.75 Å². The lowest BCUT2D eigenvalue weighted by atomic mass is 10.2. The van der Waals surface area contributed by atoms with Crippen LogP contribution in [0.2, 0.25) is 0 Å². The van der Waals surface area contributed by atoms with E-state index in [1.54, 1.807) is 7.11 Å². The average molecular weight is 418 g/mol. The first kappa shape index (κ1) is 18.7. The van der Waals surface area contributed by atoms with Gasteiger partial charge in [0.2, 0.25) is 5.91 Å². The highest BCUT2D eigenvalue weighted by molar-refractivity contribution is 9.10. The van der Waals surface area contributed by atoms with Crippen LogP contribution in [0.15, 0.2) is 53.0 Å². The van der Waals surface area contributed by atoms with Gasteiger partial charge < -0.3 is 15.0 Å². The number of anilines is 2. The Morgan fingerprint density at radius 3 is 2.54 bits per heavy atom. The van der Waals surface area contributed by atoms with E-state index in [0.717, 1.165) is 47.8 Å². The highest BCUT2D eigenvalue weighted by atomic mass is 79.9. The molecule has 138 valence electrons. The quantitative estimate of drug-likeness (QED) is 0.806. The molecule has 1 aliphatic rings. The lowest BCUT2D eigenvalue weighted by molar-refractivity contribution is -0.120. The number of methoxy groups -OCH3 is 1. The molecule has 1 fully saturated rings. The Labute approximate surface area is 163 Å². The minimum Gasteiger partial charge on any atom is -0.495 e. The van der Waals surface area contributed by atoms with Gasteiger partial charge in [0.05, 0.1) is 18.8 Å². The molecule has 0 saturated carbocycles. The molecule has 3 rings (SSSR count). The smallest absolute Gasteiger partial charge is 0.241 e. The molecule has 1 amide bonds. The fraction of sp³-hybridized carbons (Fsp3) is 0.350. The van der Waals surface area contributed by atoms with E-state index in [2.05, 4.69) is 37.1 Å². The van der Waals surface area contributed by atoms with Gasteiger partial charge in [-0.2, -0.15) is 0 Å². The number of hydrogen-bond donors (Lipinski definition) is 1. The molecule has 1 N–H and O–H groups in total. The summed E-state index contributed by atoms with van der Waals surface area (Å²) < 4.78 is 6.42. The summed E-state index contributed by atoms with van der Waals surface area (Å²) in [5.74, 6) is 0.912. The fourth-order valence-electron chi connectivity index (χ4n) is 3.22. The molecule has 1 aliphatic heterocycles. The van der Waals surface area contributed by atoms with Crippen molar-refractivity contribution in [1.29, 1.82) is 0 Å². The normalized spacial score (nSPS) is 16.2. The van der Waals surface area contributed by atoms with E-state index in [0.29, 0.717) is 0 Å². The molecule has 0 bridgehead atoms. The maximum atomic E-state index is 12.6. The Morgan fingerprint density at radius 2 is 1.85 bits per heavy atom. The first-order valence-electron chi connectivity index (χ1n) is 8.77. The molecular weight excluding hydrogens is 394 g/mol. The molecular formula is C20H24BrN3O2. The molecule has 1 saturated heterocycles. The third-order valence-corrected chi connectivity index (χ3v) is 5.25. The summed E-state index contributed by atoms with van der Waals surface area (Å²) in [6.07, 6.45) is 0. The number of nitrogens with zero attached hydrogens (tertiary/aromatic N) is 2. The number of para-hydroxylation sites is 2. The predicted molar refractivity (Wildman–Crippen MR) is 109 cm³/mol. The van der Waals surface area contributed by atoms with Crippen LogP contribution in [0.1, 0.15) is 6.92 Å². The number of piperazine rings is 1. The Kier molecular flexibility index (Phi) is 6.16. The number of hydrogen-bond acceptors (Lipinski definition) is 4. The van der Waals surface area contributed by atoms with E-state index >= 15 is 0 Å². The van der Waals surface area contributed by atoms with Gasteiger partial charge in [-0.25, -0.2) is 0 Å². The van der Waals surface area contributed by atoms with Crippen LogP contribution in [0, 0.1) is 0 Å². The average Bonchev–Trinajstić information content (AvgIpc) is 2.67. The molecule has 0 spiro atoms. The summed E-state index contributed by atoms with van der Waals surface area (Å²) in [6, 6.07) is 15.6. The Bertz CT molecular complexity index is 760. The Morgan fingerprint density at radius 1 is 1.12 bits per heavy atom. The second-order valence-corrected chi connectivity index (χ2v) is 7.29. The number of carbonyl (C=O) groups excluding carboxylic acids is 1. The van der Waals surface area contributed by atoms with E-state index < -0.39 is 0 Å². The van der Waals surface area contributed by atoms with Crippen LogP contribution in [0.25, 0.3) is 0 Å². The highest BCUT2D eigenvalue weighted by Crippen LogP contribution is 2.28. The van der Waals surface area contributed by atoms with Gasteiger partial charge in [-0.1, -0.05) is 34.1 Å². The Balaban J connectivity index is 1.58. The van der Waals surface area contributed by atoms with Crippen LogP contribution in [0.3, 0.4) is 0 Å². The zero-order chi connectivity index (χ0) is 18.5. The third-order valence-electron chi connectivity index (χ3n) is 4.76. The van der Waals surface area contributed by atoms with Crippen LogP contribution in [0.4, 0.5) is 11.4 Å². The van der Waals surface area contributed by atoms with Gasteiger partial charge in [0.25, 0.3) is 0 Å². The fourth-order valence-corrected chi connectivity index (χ4v) is 3.62. The summed E-state index contributed by atoms with van der Waals surface area (Å²) in [5.41, 5.74) is 1.92. The maximum absolute atomic E-state index is 12.6. The molecule has 26 heavy (non-hydrogen) atoms. The summed E-state index contributed by atoms with van der Waals surface area (Å²) in [7, 11) is 1.70.